The van der Waals surface area contributed by atoms with E-state index in [1.54, 1.807) is 0 Å². The molecule has 1 aromatic carbocycles. The first-order valence-corrected chi connectivity index (χ1v) is 8.57. The van der Waals surface area contributed by atoms with E-state index in [4.69, 9.17) is 5.73 Å². The fourth-order valence-corrected chi connectivity index (χ4v) is 3.42. The quantitative estimate of drug-likeness (QED) is 0.716. The van der Waals surface area contributed by atoms with Crippen LogP contribution < -0.4 is 10.5 Å². The van der Waals surface area contributed by atoms with E-state index in [0.29, 0.717) is 6.54 Å². The summed E-state index contributed by atoms with van der Waals surface area (Å²) in [7, 11) is -3.75. The van der Waals surface area contributed by atoms with E-state index in [-0.39, 0.29) is 22.7 Å². The van der Waals surface area contributed by atoms with Crippen LogP contribution in [0.5, 0.6) is 0 Å². The molecule has 0 aliphatic rings. The molecular weight excluding hydrogens is 293 g/mol. The number of benzene rings is 1. The summed E-state index contributed by atoms with van der Waals surface area (Å²) < 4.78 is 40.6. The Labute approximate surface area is 126 Å². The predicted molar refractivity (Wildman–Crippen MR) is 83.1 cm³/mol. The Morgan fingerprint density at radius 3 is 2.52 bits per heavy atom. The highest BCUT2D eigenvalue weighted by molar-refractivity contribution is 7.89. The van der Waals surface area contributed by atoms with Crippen molar-refractivity contribution in [1.82, 2.24) is 9.62 Å². The summed E-state index contributed by atoms with van der Waals surface area (Å²) in [6.45, 7) is 8.22. The van der Waals surface area contributed by atoms with Crippen molar-refractivity contribution < 1.29 is 12.8 Å². The van der Waals surface area contributed by atoms with Crippen LogP contribution in [-0.2, 0) is 10.0 Å². The molecule has 0 saturated carbocycles. The molecule has 0 unspecified atom stereocenters. The van der Waals surface area contributed by atoms with Crippen LogP contribution in [0.3, 0.4) is 0 Å². The molecule has 120 valence electrons. The lowest BCUT2D eigenvalue weighted by Crippen LogP contribution is -2.35. The lowest BCUT2D eigenvalue weighted by Gasteiger charge is -2.19. The minimum Gasteiger partial charge on any atom is -0.399 e. The normalized spacial score (nSPS) is 12.0. The van der Waals surface area contributed by atoms with Gasteiger partial charge in [0.05, 0.1) is 4.90 Å². The molecule has 0 aliphatic carbocycles. The number of likely N-dealkylation sites (N-methyl/N-ethyl adjacent to an activating group) is 1. The van der Waals surface area contributed by atoms with Gasteiger partial charge in [0.1, 0.15) is 5.82 Å². The Balaban J connectivity index is 2.79. The summed E-state index contributed by atoms with van der Waals surface area (Å²) in [6, 6.07) is 2.40. The lowest BCUT2D eigenvalue weighted by molar-refractivity contribution is 0.293. The Morgan fingerprint density at radius 2 is 1.95 bits per heavy atom. The first-order chi connectivity index (χ1) is 9.81. The number of anilines is 1. The fourth-order valence-electron chi connectivity index (χ4n) is 2.11. The Morgan fingerprint density at radius 1 is 1.29 bits per heavy atom. The third kappa shape index (κ3) is 4.94. The average Bonchev–Trinajstić information content (AvgIpc) is 2.41. The molecule has 0 spiro atoms. The van der Waals surface area contributed by atoms with E-state index >= 15 is 0 Å². The van der Waals surface area contributed by atoms with Crippen LogP contribution in [0.4, 0.5) is 10.1 Å². The van der Waals surface area contributed by atoms with Crippen LogP contribution in [0.25, 0.3) is 0 Å². The van der Waals surface area contributed by atoms with Crippen LogP contribution in [-0.4, -0.2) is 39.5 Å². The van der Waals surface area contributed by atoms with Crippen LogP contribution in [0.2, 0.25) is 0 Å². The van der Waals surface area contributed by atoms with Crippen LogP contribution in [0.1, 0.15) is 25.8 Å². The number of hydrogen-bond acceptors (Lipinski definition) is 4. The molecule has 0 bridgehead atoms. The highest BCUT2D eigenvalue weighted by Crippen LogP contribution is 2.21. The van der Waals surface area contributed by atoms with Crippen LogP contribution in [0.15, 0.2) is 17.0 Å². The highest BCUT2D eigenvalue weighted by Gasteiger charge is 2.19. The summed E-state index contributed by atoms with van der Waals surface area (Å²) in [5, 5.41) is 0. The third-order valence-electron chi connectivity index (χ3n) is 3.32. The maximum atomic E-state index is 13.6. The number of nitrogens with two attached hydrogens (primary N) is 1. The van der Waals surface area contributed by atoms with Crippen molar-refractivity contribution in [2.24, 2.45) is 0 Å². The number of nitrogen functional groups attached to an aromatic ring is 1. The standard InChI is InChI=1S/C14H24FN3O2S/c1-4-7-18(5-2)8-6-17-21(19,20)14-10-12(16)9-13(15)11(14)3/h9-10,17H,4-8,16H2,1-3H3. The lowest BCUT2D eigenvalue weighted by atomic mass is 10.2. The topological polar surface area (TPSA) is 75.4 Å². The number of sulfonamides is 1. The van der Waals surface area contributed by atoms with E-state index in [1.165, 1.54) is 13.0 Å². The van der Waals surface area contributed by atoms with Crippen molar-refractivity contribution in [2.75, 3.05) is 31.9 Å². The first kappa shape index (κ1) is 17.9. The van der Waals surface area contributed by atoms with Crippen molar-refractivity contribution in [3.63, 3.8) is 0 Å². The number of hydrogen-bond donors (Lipinski definition) is 2. The Hall–Kier alpha value is -1.18. The van der Waals surface area contributed by atoms with Crippen molar-refractivity contribution in [3.8, 4) is 0 Å². The van der Waals surface area contributed by atoms with E-state index in [1.807, 2.05) is 6.92 Å². The van der Waals surface area contributed by atoms with Gasteiger partial charge >= 0.3 is 0 Å². The summed E-state index contributed by atoms with van der Waals surface area (Å²) >= 11 is 0. The van der Waals surface area contributed by atoms with Gasteiger partial charge in [0.2, 0.25) is 10.0 Å². The molecule has 0 saturated heterocycles. The monoisotopic (exact) mass is 317 g/mol. The van der Waals surface area contributed by atoms with Crippen molar-refractivity contribution in [3.05, 3.63) is 23.5 Å². The molecule has 1 aromatic rings. The molecule has 0 aliphatic heterocycles. The number of halogens is 1. The number of nitrogens with zero attached hydrogens (tertiary/aromatic N) is 1. The second kappa shape index (κ2) is 7.72. The first-order valence-electron chi connectivity index (χ1n) is 7.09. The largest absolute Gasteiger partial charge is 0.399 e. The molecule has 0 heterocycles. The van der Waals surface area contributed by atoms with Crippen molar-refractivity contribution in [1.29, 1.82) is 0 Å². The molecular formula is C14H24FN3O2S. The van der Waals surface area contributed by atoms with Gasteiger partial charge in [0.15, 0.2) is 0 Å². The van der Waals surface area contributed by atoms with Gasteiger partial charge in [-0.15, -0.1) is 0 Å². The zero-order valence-corrected chi connectivity index (χ0v) is 13.6. The molecule has 0 radical (unpaired) electrons. The molecule has 0 aromatic heterocycles. The predicted octanol–water partition coefficient (Wildman–Crippen LogP) is 1.73. The van der Waals surface area contributed by atoms with Gasteiger partial charge in [0, 0.05) is 24.3 Å². The molecule has 3 N–H and O–H groups in total. The summed E-state index contributed by atoms with van der Waals surface area (Å²) in [5.41, 5.74) is 5.70. The minimum atomic E-state index is -3.75. The Kier molecular flexibility index (Phi) is 6.57. The van der Waals surface area contributed by atoms with Crippen LogP contribution >= 0.6 is 0 Å². The summed E-state index contributed by atoms with van der Waals surface area (Å²) in [6.07, 6.45) is 1.01. The highest BCUT2D eigenvalue weighted by atomic mass is 32.2. The molecule has 0 atom stereocenters. The van der Waals surface area contributed by atoms with E-state index in [2.05, 4.69) is 16.5 Å². The third-order valence-corrected chi connectivity index (χ3v) is 4.90. The zero-order chi connectivity index (χ0) is 16.0. The number of rotatable bonds is 8. The van der Waals surface area contributed by atoms with E-state index < -0.39 is 15.8 Å². The molecule has 0 fully saturated rings. The molecule has 1 rings (SSSR count). The molecule has 21 heavy (non-hydrogen) atoms. The molecule has 7 heteroatoms. The van der Waals surface area contributed by atoms with Crippen LogP contribution in [0, 0.1) is 12.7 Å². The SMILES string of the molecule is CCCN(CC)CCNS(=O)(=O)c1cc(N)cc(F)c1C. The van der Waals surface area contributed by atoms with Crippen molar-refractivity contribution >= 4 is 15.7 Å². The second-order valence-electron chi connectivity index (χ2n) is 4.96. The van der Waals surface area contributed by atoms with Gasteiger partial charge in [-0.2, -0.15) is 0 Å². The van der Waals surface area contributed by atoms with E-state index in [0.717, 1.165) is 25.6 Å². The zero-order valence-electron chi connectivity index (χ0n) is 12.8. The number of nitrogens with one attached hydrogen (secondary N) is 1. The van der Waals surface area contributed by atoms with Gasteiger partial charge in [-0.25, -0.2) is 17.5 Å². The summed E-state index contributed by atoms with van der Waals surface area (Å²) in [4.78, 5) is 2.05. The minimum absolute atomic E-state index is 0.0811. The molecule has 5 nitrogen and oxygen atoms in total. The average molecular weight is 317 g/mol. The van der Waals surface area contributed by atoms with Crippen molar-refractivity contribution in [2.45, 2.75) is 32.1 Å². The maximum Gasteiger partial charge on any atom is 0.241 e. The Bertz CT molecular complexity index is 576. The van der Waals surface area contributed by atoms with E-state index in [9.17, 15) is 12.8 Å². The van der Waals surface area contributed by atoms with Gasteiger partial charge in [-0.1, -0.05) is 13.8 Å². The molecule has 0 amide bonds. The smallest absolute Gasteiger partial charge is 0.241 e. The maximum absolute atomic E-state index is 13.6. The fraction of sp³-hybridized carbons (Fsp3) is 0.571. The van der Waals surface area contributed by atoms with Gasteiger partial charge in [-0.3, -0.25) is 0 Å². The van der Waals surface area contributed by atoms with Gasteiger partial charge in [0.25, 0.3) is 0 Å². The second-order valence-corrected chi connectivity index (χ2v) is 6.69. The van der Waals surface area contributed by atoms with Gasteiger partial charge < -0.3 is 10.6 Å². The summed E-state index contributed by atoms with van der Waals surface area (Å²) in [5.74, 6) is -0.614. The van der Waals surface area contributed by atoms with Gasteiger partial charge in [-0.05, 0) is 38.6 Å².